The van der Waals surface area contributed by atoms with Gasteiger partial charge >= 0.3 is 12.0 Å². The second kappa shape index (κ2) is 5.26. The van der Waals surface area contributed by atoms with Crippen LogP contribution in [-0.2, 0) is 4.79 Å². The van der Waals surface area contributed by atoms with Gasteiger partial charge in [0.25, 0.3) is 0 Å². The highest BCUT2D eigenvalue weighted by Gasteiger charge is 2.51. The van der Waals surface area contributed by atoms with Gasteiger partial charge in [-0.25, -0.2) is 4.79 Å². The molecule has 5 nitrogen and oxygen atoms in total. The van der Waals surface area contributed by atoms with Gasteiger partial charge in [0, 0.05) is 18.6 Å². The molecule has 0 aromatic carbocycles. The molecule has 2 N–H and O–H groups in total. The molecule has 2 heterocycles. The van der Waals surface area contributed by atoms with Crippen LogP contribution in [0.4, 0.5) is 4.79 Å². The monoisotopic (exact) mass is 280 g/mol. The first-order valence-corrected chi connectivity index (χ1v) is 7.87. The van der Waals surface area contributed by atoms with E-state index in [-0.39, 0.29) is 24.0 Å². The Hall–Kier alpha value is -1.26. The molecule has 2 saturated heterocycles. The number of carbonyl (C=O) groups excluding carboxylic acids is 1. The van der Waals surface area contributed by atoms with Gasteiger partial charge in [-0.05, 0) is 37.5 Å². The first-order valence-electron chi connectivity index (χ1n) is 7.87. The summed E-state index contributed by atoms with van der Waals surface area (Å²) in [6, 6.07) is 0.0148. The maximum absolute atomic E-state index is 12.4. The van der Waals surface area contributed by atoms with Crippen LogP contribution in [-0.4, -0.2) is 40.6 Å². The molecule has 3 rings (SSSR count). The topological polar surface area (TPSA) is 69.6 Å². The number of carboxylic acids is 1. The van der Waals surface area contributed by atoms with Crippen LogP contribution in [0.5, 0.6) is 0 Å². The van der Waals surface area contributed by atoms with E-state index in [9.17, 15) is 14.7 Å². The Labute approximate surface area is 119 Å². The smallest absolute Gasteiger partial charge is 0.317 e. The number of hydrogen-bond acceptors (Lipinski definition) is 2. The average molecular weight is 280 g/mol. The van der Waals surface area contributed by atoms with Crippen LogP contribution in [0.15, 0.2) is 0 Å². The summed E-state index contributed by atoms with van der Waals surface area (Å²) >= 11 is 0. The molecule has 5 unspecified atom stereocenters. The Morgan fingerprint density at radius 3 is 2.65 bits per heavy atom. The quantitative estimate of drug-likeness (QED) is 0.831. The largest absolute Gasteiger partial charge is 0.481 e. The van der Waals surface area contributed by atoms with Gasteiger partial charge in [0.05, 0.1) is 5.92 Å². The molecular formula is C15H24N2O3. The SMILES string of the molecule is CC1CCCC1CNC(=O)N1C2CCC1C(C(=O)O)C2. The van der Waals surface area contributed by atoms with Gasteiger partial charge in [-0.2, -0.15) is 0 Å². The Balaban J connectivity index is 1.57. The lowest BCUT2D eigenvalue weighted by molar-refractivity contribution is -0.142. The maximum atomic E-state index is 12.4. The number of nitrogens with one attached hydrogen (secondary N) is 1. The molecule has 0 aromatic rings. The molecule has 0 radical (unpaired) electrons. The van der Waals surface area contributed by atoms with E-state index < -0.39 is 5.97 Å². The minimum absolute atomic E-state index is 0.0413. The number of nitrogens with zero attached hydrogens (tertiary/aromatic N) is 1. The molecule has 5 atom stereocenters. The van der Waals surface area contributed by atoms with Gasteiger partial charge in [-0.3, -0.25) is 4.79 Å². The number of aliphatic carboxylic acids is 1. The molecule has 3 aliphatic rings. The Morgan fingerprint density at radius 1 is 1.25 bits per heavy atom. The lowest BCUT2D eigenvalue weighted by Crippen LogP contribution is -2.45. The zero-order valence-electron chi connectivity index (χ0n) is 12.0. The molecule has 20 heavy (non-hydrogen) atoms. The van der Waals surface area contributed by atoms with Gasteiger partial charge in [-0.15, -0.1) is 0 Å². The molecule has 112 valence electrons. The van der Waals surface area contributed by atoms with E-state index >= 15 is 0 Å². The van der Waals surface area contributed by atoms with Crippen LogP contribution < -0.4 is 5.32 Å². The second-order valence-corrected chi connectivity index (χ2v) is 6.74. The van der Waals surface area contributed by atoms with Crippen molar-refractivity contribution in [3.8, 4) is 0 Å². The third kappa shape index (κ3) is 2.27. The predicted octanol–water partition coefficient (Wildman–Crippen LogP) is 2.07. The van der Waals surface area contributed by atoms with Crippen molar-refractivity contribution >= 4 is 12.0 Å². The molecule has 1 aliphatic carbocycles. The minimum atomic E-state index is -0.751. The van der Waals surface area contributed by atoms with Crippen molar-refractivity contribution in [3.05, 3.63) is 0 Å². The molecule has 2 aliphatic heterocycles. The molecule has 2 amide bonds. The highest BCUT2D eigenvalue weighted by Crippen LogP contribution is 2.41. The standard InChI is InChI=1S/C15H24N2O3/c1-9-3-2-4-10(9)8-16-15(20)17-11-5-6-13(17)12(7-11)14(18)19/h9-13H,2-8H2,1H3,(H,16,20)(H,18,19). The first-order chi connectivity index (χ1) is 9.58. The number of carbonyl (C=O) groups is 2. The van der Waals surface area contributed by atoms with Gasteiger partial charge in [0.1, 0.15) is 0 Å². The zero-order chi connectivity index (χ0) is 14.3. The molecule has 0 spiro atoms. The van der Waals surface area contributed by atoms with E-state index in [0.29, 0.717) is 18.3 Å². The van der Waals surface area contributed by atoms with Crippen molar-refractivity contribution in [2.45, 2.75) is 57.5 Å². The Morgan fingerprint density at radius 2 is 2.05 bits per heavy atom. The van der Waals surface area contributed by atoms with Crippen molar-refractivity contribution in [2.24, 2.45) is 17.8 Å². The maximum Gasteiger partial charge on any atom is 0.317 e. The molecule has 3 fully saturated rings. The fraction of sp³-hybridized carbons (Fsp3) is 0.867. The number of carboxylic acid groups (broad SMARTS) is 1. The van der Waals surface area contributed by atoms with Gasteiger partial charge in [0.2, 0.25) is 0 Å². The summed E-state index contributed by atoms with van der Waals surface area (Å²) < 4.78 is 0. The number of amides is 2. The van der Waals surface area contributed by atoms with Crippen LogP contribution in [0.25, 0.3) is 0 Å². The van der Waals surface area contributed by atoms with Crippen molar-refractivity contribution in [2.75, 3.05) is 6.54 Å². The molecule has 5 heteroatoms. The molecule has 1 saturated carbocycles. The van der Waals surface area contributed by atoms with Crippen LogP contribution >= 0.6 is 0 Å². The third-order valence-corrected chi connectivity index (χ3v) is 5.64. The minimum Gasteiger partial charge on any atom is -0.481 e. The van der Waals surface area contributed by atoms with Crippen LogP contribution in [0.2, 0.25) is 0 Å². The predicted molar refractivity (Wildman–Crippen MR) is 74.3 cm³/mol. The van der Waals surface area contributed by atoms with E-state index in [4.69, 9.17) is 0 Å². The van der Waals surface area contributed by atoms with Gasteiger partial charge in [0.15, 0.2) is 0 Å². The van der Waals surface area contributed by atoms with E-state index in [1.165, 1.54) is 19.3 Å². The normalized spacial score (nSPS) is 39.2. The van der Waals surface area contributed by atoms with E-state index in [1.807, 2.05) is 4.90 Å². The summed E-state index contributed by atoms with van der Waals surface area (Å²) in [4.78, 5) is 25.4. The highest BCUT2D eigenvalue weighted by molar-refractivity contribution is 5.79. The number of hydrogen-bond donors (Lipinski definition) is 2. The molecule has 0 aromatic heterocycles. The van der Waals surface area contributed by atoms with E-state index in [1.54, 1.807) is 0 Å². The fourth-order valence-electron chi connectivity index (χ4n) is 4.41. The van der Waals surface area contributed by atoms with Crippen molar-refractivity contribution in [3.63, 3.8) is 0 Å². The molecular weight excluding hydrogens is 256 g/mol. The van der Waals surface area contributed by atoms with Crippen molar-refractivity contribution < 1.29 is 14.7 Å². The Kier molecular flexibility index (Phi) is 3.61. The van der Waals surface area contributed by atoms with Crippen LogP contribution in [0.1, 0.15) is 45.4 Å². The number of fused-ring (bicyclic) bond motifs is 2. The highest BCUT2D eigenvalue weighted by atomic mass is 16.4. The van der Waals surface area contributed by atoms with Crippen molar-refractivity contribution in [1.29, 1.82) is 0 Å². The fourth-order valence-corrected chi connectivity index (χ4v) is 4.41. The zero-order valence-corrected chi connectivity index (χ0v) is 12.0. The number of urea groups is 1. The third-order valence-electron chi connectivity index (χ3n) is 5.64. The summed E-state index contributed by atoms with van der Waals surface area (Å²) in [6.07, 6.45) is 6.16. The Bertz CT molecular complexity index is 412. The van der Waals surface area contributed by atoms with Crippen molar-refractivity contribution in [1.82, 2.24) is 10.2 Å². The summed E-state index contributed by atoms with van der Waals surface area (Å²) in [6.45, 7) is 3.00. The van der Waals surface area contributed by atoms with E-state index in [0.717, 1.165) is 19.4 Å². The summed E-state index contributed by atoms with van der Waals surface area (Å²) in [5.41, 5.74) is 0. The average Bonchev–Trinajstić information content (AvgIpc) is 3.09. The van der Waals surface area contributed by atoms with Crippen LogP contribution in [0, 0.1) is 17.8 Å². The lowest BCUT2D eigenvalue weighted by atomic mass is 9.89. The second-order valence-electron chi connectivity index (χ2n) is 6.74. The van der Waals surface area contributed by atoms with Gasteiger partial charge in [-0.1, -0.05) is 19.8 Å². The lowest BCUT2D eigenvalue weighted by Gasteiger charge is -2.25. The first kappa shape index (κ1) is 13.7. The summed E-state index contributed by atoms with van der Waals surface area (Å²) in [7, 11) is 0. The summed E-state index contributed by atoms with van der Waals surface area (Å²) in [5, 5.41) is 12.3. The summed E-state index contributed by atoms with van der Waals surface area (Å²) in [5.74, 6) is 0.177. The molecule has 2 bridgehead atoms. The van der Waals surface area contributed by atoms with E-state index in [2.05, 4.69) is 12.2 Å². The van der Waals surface area contributed by atoms with Crippen LogP contribution in [0.3, 0.4) is 0 Å². The number of rotatable bonds is 3. The van der Waals surface area contributed by atoms with Gasteiger partial charge < -0.3 is 15.3 Å².